The van der Waals surface area contributed by atoms with Crippen LogP contribution in [0.25, 0.3) is 0 Å². The van der Waals surface area contributed by atoms with Crippen molar-refractivity contribution in [2.45, 2.75) is 44.8 Å². The standard InChI is InChI=1S/C26H26N4O9S/c1-2-20-23(31)28-22(25(32)38-14-16-5-9-18(10-6-16)29(34)35)21(40-24(20)28)4-3-13-27-26(33)39-15-17-7-11-19(12-8-17)30(36)37/h5-12,20,24H,2-4,13-15H2,1H3,(H,27,33)/t20?,24-/m0/s1. The third-order valence-corrected chi connectivity index (χ3v) is 7.90. The zero-order valence-electron chi connectivity index (χ0n) is 21.4. The summed E-state index contributed by atoms with van der Waals surface area (Å²) < 4.78 is 10.6. The number of amides is 2. The molecule has 0 aliphatic carbocycles. The van der Waals surface area contributed by atoms with E-state index in [9.17, 15) is 34.6 Å². The molecule has 2 amide bonds. The Balaban J connectivity index is 1.30. The van der Waals surface area contributed by atoms with Gasteiger partial charge < -0.3 is 14.8 Å². The molecule has 1 N–H and O–H groups in total. The number of benzene rings is 2. The van der Waals surface area contributed by atoms with Gasteiger partial charge in [-0.05, 0) is 54.7 Å². The smallest absolute Gasteiger partial charge is 0.407 e. The van der Waals surface area contributed by atoms with Crippen molar-refractivity contribution in [1.29, 1.82) is 0 Å². The molecule has 0 saturated carbocycles. The summed E-state index contributed by atoms with van der Waals surface area (Å²) in [6.07, 6.45) is 0.887. The molecule has 40 heavy (non-hydrogen) atoms. The van der Waals surface area contributed by atoms with Gasteiger partial charge in [-0.3, -0.25) is 29.9 Å². The van der Waals surface area contributed by atoms with Crippen molar-refractivity contribution < 1.29 is 33.7 Å². The largest absolute Gasteiger partial charge is 0.456 e. The first-order chi connectivity index (χ1) is 19.2. The van der Waals surface area contributed by atoms with E-state index < -0.39 is 21.9 Å². The Kier molecular flexibility index (Phi) is 8.99. The Morgan fingerprint density at radius 2 is 1.50 bits per heavy atom. The highest BCUT2D eigenvalue weighted by atomic mass is 32.2. The second kappa shape index (κ2) is 12.6. The summed E-state index contributed by atoms with van der Waals surface area (Å²) in [7, 11) is 0. The van der Waals surface area contributed by atoms with Gasteiger partial charge in [0.15, 0.2) is 0 Å². The predicted octanol–water partition coefficient (Wildman–Crippen LogP) is 4.41. The van der Waals surface area contributed by atoms with Crippen molar-refractivity contribution in [3.8, 4) is 0 Å². The summed E-state index contributed by atoms with van der Waals surface area (Å²) in [5.41, 5.74) is 1.24. The summed E-state index contributed by atoms with van der Waals surface area (Å²) in [4.78, 5) is 60.5. The third kappa shape index (κ3) is 6.39. The highest BCUT2D eigenvalue weighted by Crippen LogP contribution is 2.51. The van der Waals surface area contributed by atoms with Crippen molar-refractivity contribution in [3.05, 3.63) is 90.5 Å². The van der Waals surface area contributed by atoms with Crippen LogP contribution in [0, 0.1) is 26.1 Å². The molecule has 0 spiro atoms. The minimum Gasteiger partial charge on any atom is -0.456 e. The first-order valence-electron chi connectivity index (χ1n) is 12.5. The lowest BCUT2D eigenvalue weighted by molar-refractivity contribution is -0.385. The summed E-state index contributed by atoms with van der Waals surface area (Å²) in [5.74, 6) is -0.973. The zero-order chi connectivity index (χ0) is 28.8. The van der Waals surface area contributed by atoms with Crippen molar-refractivity contribution in [2.75, 3.05) is 6.54 Å². The maximum absolute atomic E-state index is 13.0. The summed E-state index contributed by atoms with van der Waals surface area (Å²) in [6.45, 7) is 2.01. The lowest BCUT2D eigenvalue weighted by Gasteiger charge is -2.42. The van der Waals surface area contributed by atoms with Gasteiger partial charge in [0, 0.05) is 35.7 Å². The lowest BCUT2D eigenvalue weighted by Crippen LogP contribution is -2.57. The zero-order valence-corrected chi connectivity index (χ0v) is 22.3. The number of allylic oxidation sites excluding steroid dienone is 1. The number of nitro benzene ring substituents is 2. The number of carbonyl (C=O) groups is 3. The molecular formula is C26H26N4O9S. The normalized spacial score (nSPS) is 17.6. The van der Waals surface area contributed by atoms with Crippen molar-refractivity contribution in [3.63, 3.8) is 0 Å². The van der Waals surface area contributed by atoms with E-state index in [-0.39, 0.29) is 54.0 Å². The van der Waals surface area contributed by atoms with Crippen LogP contribution in [0.5, 0.6) is 0 Å². The van der Waals surface area contributed by atoms with Gasteiger partial charge in [-0.25, -0.2) is 9.59 Å². The van der Waals surface area contributed by atoms with Gasteiger partial charge in [0.1, 0.15) is 18.9 Å². The number of thioether (sulfide) groups is 1. The molecule has 2 aromatic carbocycles. The van der Waals surface area contributed by atoms with Crippen LogP contribution in [0.4, 0.5) is 16.2 Å². The maximum atomic E-state index is 13.0. The second-order valence-electron chi connectivity index (χ2n) is 9.03. The van der Waals surface area contributed by atoms with E-state index in [1.807, 2.05) is 6.92 Å². The fourth-order valence-corrected chi connectivity index (χ4v) is 5.92. The second-order valence-corrected chi connectivity index (χ2v) is 10.2. The number of esters is 1. The van der Waals surface area contributed by atoms with E-state index in [4.69, 9.17) is 9.47 Å². The number of β-lactam (4-membered cyclic amide) rings is 1. The molecule has 1 fully saturated rings. The average molecular weight is 571 g/mol. The monoisotopic (exact) mass is 570 g/mol. The number of nitrogens with zero attached hydrogens (tertiary/aromatic N) is 3. The number of rotatable bonds is 12. The molecule has 2 aliphatic rings. The highest BCUT2D eigenvalue weighted by molar-refractivity contribution is 8.04. The molecule has 14 heteroatoms. The molecule has 0 aromatic heterocycles. The third-order valence-electron chi connectivity index (χ3n) is 6.44. The van der Waals surface area contributed by atoms with E-state index >= 15 is 0 Å². The van der Waals surface area contributed by atoms with Crippen LogP contribution < -0.4 is 5.32 Å². The molecule has 2 aromatic rings. The number of hydrogen-bond donors (Lipinski definition) is 1. The van der Waals surface area contributed by atoms with Gasteiger partial charge in [0.2, 0.25) is 5.91 Å². The van der Waals surface area contributed by atoms with Gasteiger partial charge in [-0.15, -0.1) is 11.8 Å². The van der Waals surface area contributed by atoms with Crippen molar-refractivity contribution >= 4 is 41.1 Å². The maximum Gasteiger partial charge on any atom is 0.407 e. The molecule has 2 heterocycles. The number of alkyl carbamates (subject to hydrolysis) is 1. The van der Waals surface area contributed by atoms with E-state index in [1.165, 1.54) is 65.2 Å². The van der Waals surface area contributed by atoms with Gasteiger partial charge in [-0.1, -0.05) is 6.92 Å². The van der Waals surface area contributed by atoms with Crippen LogP contribution in [0.1, 0.15) is 37.3 Å². The lowest BCUT2D eigenvalue weighted by atomic mass is 9.94. The van der Waals surface area contributed by atoms with E-state index in [1.54, 1.807) is 0 Å². The number of non-ortho nitro benzene ring substituents is 2. The van der Waals surface area contributed by atoms with Gasteiger partial charge in [-0.2, -0.15) is 0 Å². The quantitative estimate of drug-likeness (QED) is 0.127. The molecule has 210 valence electrons. The molecule has 1 saturated heterocycles. The number of hydrogen-bond acceptors (Lipinski definition) is 10. The highest BCUT2D eigenvalue weighted by Gasteiger charge is 2.55. The first kappa shape index (κ1) is 28.5. The van der Waals surface area contributed by atoms with Crippen LogP contribution in [0.2, 0.25) is 0 Å². The molecule has 13 nitrogen and oxygen atoms in total. The topological polar surface area (TPSA) is 171 Å². The Labute approximate surface area is 232 Å². The Hall–Kier alpha value is -4.46. The number of nitro groups is 2. The molecule has 0 bridgehead atoms. The number of nitrogens with one attached hydrogen (secondary N) is 1. The first-order valence-corrected chi connectivity index (χ1v) is 13.3. The van der Waals surface area contributed by atoms with Crippen LogP contribution in [0.3, 0.4) is 0 Å². The number of ether oxygens (including phenoxy) is 2. The Bertz CT molecular complexity index is 1340. The molecular weight excluding hydrogens is 544 g/mol. The minimum absolute atomic E-state index is 0.0489. The van der Waals surface area contributed by atoms with Gasteiger partial charge in [0.25, 0.3) is 11.4 Å². The van der Waals surface area contributed by atoms with Crippen LogP contribution >= 0.6 is 11.8 Å². The SMILES string of the molecule is CCC1C(=O)N2C(C(=O)OCc3ccc([N+](=O)[O-])cc3)=C(CCCNC(=O)OCc3ccc([N+](=O)[O-])cc3)S[C@@H]12. The van der Waals surface area contributed by atoms with E-state index in [0.29, 0.717) is 35.3 Å². The van der Waals surface area contributed by atoms with Gasteiger partial charge in [0.05, 0.1) is 21.1 Å². The minimum atomic E-state index is -0.654. The fourth-order valence-electron chi connectivity index (χ4n) is 4.28. The van der Waals surface area contributed by atoms with Crippen LogP contribution in [-0.4, -0.2) is 44.6 Å². The summed E-state index contributed by atoms with van der Waals surface area (Å²) in [6, 6.07) is 11.3. The summed E-state index contributed by atoms with van der Waals surface area (Å²) in [5, 5.41) is 24.0. The van der Waals surface area contributed by atoms with E-state index in [2.05, 4.69) is 5.32 Å². The molecule has 1 unspecified atom stereocenters. The van der Waals surface area contributed by atoms with E-state index in [0.717, 1.165) is 0 Å². The number of fused-ring (bicyclic) bond motifs is 1. The molecule has 0 radical (unpaired) electrons. The summed E-state index contributed by atoms with van der Waals surface area (Å²) >= 11 is 1.45. The Morgan fingerprint density at radius 3 is 2.02 bits per heavy atom. The van der Waals surface area contributed by atoms with Crippen molar-refractivity contribution in [2.24, 2.45) is 5.92 Å². The van der Waals surface area contributed by atoms with Crippen molar-refractivity contribution in [1.82, 2.24) is 10.2 Å². The Morgan fingerprint density at radius 1 is 0.950 bits per heavy atom. The molecule has 2 aliphatic heterocycles. The van der Waals surface area contributed by atoms with Gasteiger partial charge >= 0.3 is 12.1 Å². The number of carbonyl (C=O) groups excluding carboxylic acids is 3. The molecule has 4 rings (SSSR count). The average Bonchev–Trinajstić information content (AvgIpc) is 3.28. The predicted molar refractivity (Wildman–Crippen MR) is 142 cm³/mol. The van der Waals surface area contributed by atoms with Crippen LogP contribution in [0.15, 0.2) is 59.1 Å². The van der Waals surface area contributed by atoms with Crippen LogP contribution in [-0.2, 0) is 32.3 Å². The fraction of sp³-hybridized carbons (Fsp3) is 0.346. The molecule has 2 atom stereocenters.